The molecule has 5 nitrogen and oxygen atoms in total. The van der Waals surface area contributed by atoms with Gasteiger partial charge in [-0.2, -0.15) is 0 Å². The summed E-state index contributed by atoms with van der Waals surface area (Å²) in [6.45, 7) is 4.54. The Morgan fingerprint density at radius 1 is 1.42 bits per heavy atom. The fourth-order valence-corrected chi connectivity index (χ4v) is 1.73. The van der Waals surface area contributed by atoms with Crippen LogP contribution in [0.5, 0.6) is 0 Å². The summed E-state index contributed by atoms with van der Waals surface area (Å²) in [5.41, 5.74) is -0.795. The van der Waals surface area contributed by atoms with Gasteiger partial charge in [0.1, 0.15) is 11.4 Å². The molecule has 0 aromatic rings. The zero-order valence-electron chi connectivity index (χ0n) is 11.1. The minimum absolute atomic E-state index is 0.336. The maximum absolute atomic E-state index is 12.3. The van der Waals surface area contributed by atoms with Gasteiger partial charge in [0.25, 0.3) is 0 Å². The first-order valence-corrected chi connectivity index (χ1v) is 5.94. The van der Waals surface area contributed by atoms with Crippen LogP contribution in [-0.2, 0) is 14.3 Å². The fraction of sp³-hybridized carbons (Fsp3) is 0.750. The van der Waals surface area contributed by atoms with Crippen molar-refractivity contribution in [2.24, 2.45) is 5.92 Å². The summed E-state index contributed by atoms with van der Waals surface area (Å²) in [7, 11) is 0. The SMILES string of the molecule is CC(C)(C)OC(=O)N1CC(CC(F)F)C(=O)CC1=O. The van der Waals surface area contributed by atoms with Gasteiger partial charge in [-0.15, -0.1) is 0 Å². The van der Waals surface area contributed by atoms with E-state index in [0.29, 0.717) is 0 Å². The number of Topliss-reactive ketones (excluding diaryl/α,β-unsaturated/α-hetero) is 1. The Hall–Kier alpha value is -1.53. The number of carbonyl (C=O) groups is 3. The highest BCUT2D eigenvalue weighted by Crippen LogP contribution is 2.22. The van der Waals surface area contributed by atoms with E-state index in [9.17, 15) is 23.2 Å². The molecule has 0 radical (unpaired) electrons. The highest BCUT2D eigenvalue weighted by Gasteiger charge is 2.38. The molecule has 2 amide bonds. The molecule has 0 aromatic heterocycles. The van der Waals surface area contributed by atoms with Crippen molar-refractivity contribution in [3.8, 4) is 0 Å². The van der Waals surface area contributed by atoms with Crippen molar-refractivity contribution >= 4 is 17.8 Å². The smallest absolute Gasteiger partial charge is 0.417 e. The third kappa shape index (κ3) is 4.57. The van der Waals surface area contributed by atoms with Crippen LogP contribution in [0, 0.1) is 5.92 Å². The summed E-state index contributed by atoms with van der Waals surface area (Å²) in [6.07, 6.45) is -4.73. The number of likely N-dealkylation sites (tertiary alicyclic amines) is 1. The Labute approximate surface area is 109 Å². The van der Waals surface area contributed by atoms with E-state index in [2.05, 4.69) is 0 Å². The minimum atomic E-state index is -2.65. The molecule has 1 heterocycles. The highest BCUT2D eigenvalue weighted by molar-refractivity contribution is 6.06. The monoisotopic (exact) mass is 277 g/mol. The van der Waals surface area contributed by atoms with E-state index < -0.39 is 48.6 Å². The van der Waals surface area contributed by atoms with E-state index in [0.717, 1.165) is 4.90 Å². The summed E-state index contributed by atoms with van der Waals surface area (Å²) in [5, 5.41) is 0. The van der Waals surface area contributed by atoms with Gasteiger partial charge in [-0.05, 0) is 20.8 Å². The normalized spacial score (nSPS) is 20.9. The Morgan fingerprint density at radius 3 is 2.47 bits per heavy atom. The van der Waals surface area contributed by atoms with Gasteiger partial charge < -0.3 is 4.74 Å². The molecule has 0 spiro atoms. The number of nitrogens with zero attached hydrogens (tertiary/aromatic N) is 1. The second-order valence-corrected chi connectivity index (χ2v) is 5.45. The van der Waals surface area contributed by atoms with Crippen LogP contribution in [0.4, 0.5) is 13.6 Å². The maximum atomic E-state index is 12.3. The molecule has 1 aliphatic rings. The lowest BCUT2D eigenvalue weighted by molar-refractivity contribution is -0.142. The zero-order chi connectivity index (χ0) is 14.8. The number of piperidine rings is 1. The second-order valence-electron chi connectivity index (χ2n) is 5.45. The van der Waals surface area contributed by atoms with Gasteiger partial charge in [0.15, 0.2) is 0 Å². The number of alkyl halides is 2. The van der Waals surface area contributed by atoms with Crippen molar-refractivity contribution in [3.05, 3.63) is 0 Å². The van der Waals surface area contributed by atoms with Crippen molar-refractivity contribution in [2.75, 3.05) is 6.54 Å². The molecule has 19 heavy (non-hydrogen) atoms. The van der Waals surface area contributed by atoms with Crippen molar-refractivity contribution < 1.29 is 27.9 Å². The fourth-order valence-electron chi connectivity index (χ4n) is 1.73. The van der Waals surface area contributed by atoms with E-state index in [4.69, 9.17) is 4.74 Å². The van der Waals surface area contributed by atoms with Gasteiger partial charge in [-0.25, -0.2) is 18.5 Å². The third-order valence-corrected chi connectivity index (χ3v) is 2.56. The number of carbonyl (C=O) groups excluding carboxylic acids is 3. The molecule has 0 N–H and O–H groups in total. The molecule has 1 saturated heterocycles. The summed E-state index contributed by atoms with van der Waals surface area (Å²) in [5.74, 6) is -2.26. The van der Waals surface area contributed by atoms with Crippen molar-refractivity contribution in [1.29, 1.82) is 0 Å². The zero-order valence-corrected chi connectivity index (χ0v) is 11.1. The molecular weight excluding hydrogens is 260 g/mol. The second kappa shape index (κ2) is 5.63. The lowest BCUT2D eigenvalue weighted by Crippen LogP contribution is -2.49. The number of amides is 2. The number of ether oxygens (including phenoxy) is 1. The van der Waals surface area contributed by atoms with E-state index in [1.165, 1.54) is 0 Å². The molecule has 0 aliphatic carbocycles. The topological polar surface area (TPSA) is 63.7 Å². The van der Waals surface area contributed by atoms with Crippen LogP contribution in [0.3, 0.4) is 0 Å². The Balaban J connectivity index is 2.75. The molecular formula is C12H17F2NO4. The van der Waals surface area contributed by atoms with Crippen LogP contribution >= 0.6 is 0 Å². The van der Waals surface area contributed by atoms with E-state index >= 15 is 0 Å². The maximum Gasteiger partial charge on any atom is 0.417 e. The largest absolute Gasteiger partial charge is 0.443 e. The van der Waals surface area contributed by atoms with Gasteiger partial charge in [0.2, 0.25) is 12.3 Å². The number of halogens is 2. The molecule has 0 bridgehead atoms. The number of hydrogen-bond acceptors (Lipinski definition) is 4. The van der Waals surface area contributed by atoms with Gasteiger partial charge in [-0.1, -0.05) is 0 Å². The van der Waals surface area contributed by atoms with Gasteiger partial charge >= 0.3 is 6.09 Å². The molecule has 1 fully saturated rings. The summed E-state index contributed by atoms with van der Waals surface area (Å²) in [6, 6.07) is 0. The van der Waals surface area contributed by atoms with Gasteiger partial charge in [0, 0.05) is 18.9 Å². The summed E-state index contributed by atoms with van der Waals surface area (Å²) < 4.78 is 29.6. The van der Waals surface area contributed by atoms with Crippen LogP contribution in [0.2, 0.25) is 0 Å². The average molecular weight is 277 g/mol. The van der Waals surface area contributed by atoms with E-state index in [1.807, 2.05) is 0 Å². The van der Waals surface area contributed by atoms with Crippen LogP contribution in [0.15, 0.2) is 0 Å². The van der Waals surface area contributed by atoms with E-state index in [-0.39, 0.29) is 6.54 Å². The first-order chi connectivity index (χ1) is 8.60. The summed E-state index contributed by atoms with van der Waals surface area (Å²) >= 11 is 0. The molecule has 1 aliphatic heterocycles. The van der Waals surface area contributed by atoms with E-state index in [1.54, 1.807) is 20.8 Å². The van der Waals surface area contributed by atoms with Crippen LogP contribution in [0.1, 0.15) is 33.6 Å². The Bertz CT molecular complexity index is 390. The predicted molar refractivity (Wildman–Crippen MR) is 61.7 cm³/mol. The number of rotatable bonds is 2. The number of imide groups is 1. The quantitative estimate of drug-likeness (QED) is 0.724. The Morgan fingerprint density at radius 2 is 2.00 bits per heavy atom. The predicted octanol–water partition coefficient (Wildman–Crippen LogP) is 1.99. The number of hydrogen-bond donors (Lipinski definition) is 0. The minimum Gasteiger partial charge on any atom is -0.443 e. The van der Waals surface area contributed by atoms with Crippen molar-refractivity contribution in [3.63, 3.8) is 0 Å². The van der Waals surface area contributed by atoms with Crippen LogP contribution in [0.25, 0.3) is 0 Å². The van der Waals surface area contributed by atoms with Crippen molar-refractivity contribution in [1.82, 2.24) is 4.90 Å². The molecule has 0 aromatic carbocycles. The highest BCUT2D eigenvalue weighted by atomic mass is 19.3. The molecule has 1 atom stereocenters. The lowest BCUT2D eigenvalue weighted by Gasteiger charge is -2.31. The standard InChI is InChI=1S/C12H17F2NO4/c1-12(2,3)19-11(18)15-6-7(4-9(13)14)8(16)5-10(15)17/h7,9H,4-6H2,1-3H3. The molecule has 0 saturated carbocycles. The average Bonchev–Trinajstić information content (AvgIpc) is 2.18. The summed E-state index contributed by atoms with van der Waals surface area (Å²) in [4.78, 5) is 35.5. The Kier molecular flexibility index (Phi) is 4.60. The lowest BCUT2D eigenvalue weighted by atomic mass is 9.93. The third-order valence-electron chi connectivity index (χ3n) is 2.56. The van der Waals surface area contributed by atoms with Gasteiger partial charge in [0.05, 0.1) is 6.42 Å². The molecule has 1 rings (SSSR count). The number of ketones is 1. The molecule has 1 unspecified atom stereocenters. The van der Waals surface area contributed by atoms with Crippen LogP contribution in [-0.4, -0.2) is 41.3 Å². The van der Waals surface area contributed by atoms with Crippen LogP contribution < -0.4 is 0 Å². The molecule has 7 heteroatoms. The van der Waals surface area contributed by atoms with Crippen molar-refractivity contribution in [2.45, 2.75) is 45.6 Å². The molecule has 108 valence electrons. The first-order valence-electron chi connectivity index (χ1n) is 5.94. The van der Waals surface area contributed by atoms with Gasteiger partial charge in [-0.3, -0.25) is 9.59 Å². The first kappa shape index (κ1) is 15.5.